The minimum absolute atomic E-state index is 0. The van der Waals surface area contributed by atoms with E-state index in [1.807, 2.05) is 7.05 Å². The second-order valence-corrected chi connectivity index (χ2v) is 6.60. The number of aliphatic imine (C=N–C) groups is 1. The van der Waals surface area contributed by atoms with Gasteiger partial charge in [-0.25, -0.2) is 0 Å². The van der Waals surface area contributed by atoms with Crippen LogP contribution in [0.1, 0.15) is 30.9 Å². The summed E-state index contributed by atoms with van der Waals surface area (Å²) < 4.78 is 5.56. The number of hydrogen-bond donors (Lipinski definition) is 2. The molecule has 0 bridgehead atoms. The Bertz CT molecular complexity index is 579. The number of nitrogens with zero attached hydrogens (tertiary/aromatic N) is 2. The van der Waals surface area contributed by atoms with Crippen LogP contribution in [0, 0.1) is 0 Å². The largest absolute Gasteiger partial charge is 0.493 e. The Morgan fingerprint density at radius 3 is 3.04 bits per heavy atom. The molecule has 1 saturated heterocycles. The van der Waals surface area contributed by atoms with Crippen molar-refractivity contribution in [2.24, 2.45) is 4.99 Å². The molecule has 3 rings (SSSR count). The number of hydrogen-bond acceptors (Lipinski definition) is 3. The molecule has 0 aromatic heterocycles. The fourth-order valence-electron chi connectivity index (χ4n) is 3.70. The Kier molecular flexibility index (Phi) is 8.29. The summed E-state index contributed by atoms with van der Waals surface area (Å²) in [4.78, 5) is 6.89. The molecule has 1 aromatic rings. The zero-order valence-corrected chi connectivity index (χ0v) is 17.7. The van der Waals surface area contributed by atoms with Crippen molar-refractivity contribution in [2.75, 3.05) is 39.8 Å². The molecule has 140 valence electrons. The number of benzene rings is 1. The molecule has 2 N–H and O–H groups in total. The highest BCUT2D eigenvalue weighted by Gasteiger charge is 2.22. The van der Waals surface area contributed by atoms with E-state index in [9.17, 15) is 0 Å². The van der Waals surface area contributed by atoms with Crippen LogP contribution in [-0.4, -0.2) is 56.7 Å². The summed E-state index contributed by atoms with van der Waals surface area (Å²) in [6.45, 7) is 7.30. The lowest BCUT2D eigenvalue weighted by Crippen LogP contribution is -2.45. The van der Waals surface area contributed by atoms with E-state index in [2.05, 4.69) is 45.6 Å². The second kappa shape index (κ2) is 10.2. The first-order chi connectivity index (χ1) is 11.8. The Balaban J connectivity index is 0.00000225. The van der Waals surface area contributed by atoms with Crippen LogP contribution in [0.3, 0.4) is 0 Å². The zero-order chi connectivity index (χ0) is 16.8. The Morgan fingerprint density at radius 1 is 1.36 bits per heavy atom. The summed E-state index contributed by atoms with van der Waals surface area (Å²) in [6.07, 6.45) is 4.64. The molecule has 5 nitrogen and oxygen atoms in total. The molecule has 1 atom stereocenters. The van der Waals surface area contributed by atoms with E-state index >= 15 is 0 Å². The molecule has 25 heavy (non-hydrogen) atoms. The van der Waals surface area contributed by atoms with E-state index in [0.29, 0.717) is 6.04 Å². The van der Waals surface area contributed by atoms with E-state index in [-0.39, 0.29) is 24.0 Å². The number of rotatable bonds is 6. The molecule has 2 aliphatic heterocycles. The lowest BCUT2D eigenvalue weighted by Gasteiger charge is -2.24. The average molecular weight is 458 g/mol. The topological polar surface area (TPSA) is 48.9 Å². The second-order valence-electron chi connectivity index (χ2n) is 6.60. The van der Waals surface area contributed by atoms with Crippen LogP contribution in [0.4, 0.5) is 0 Å². The molecule has 0 radical (unpaired) electrons. The SMILES string of the molecule is CCN1CCCC1CNC(=NC)NCCc1ccc2c(c1)CCO2.I. The van der Waals surface area contributed by atoms with Crippen LogP contribution in [0.2, 0.25) is 0 Å². The third kappa shape index (κ3) is 5.48. The summed E-state index contributed by atoms with van der Waals surface area (Å²) in [6, 6.07) is 7.19. The molecule has 1 unspecified atom stereocenters. The number of nitrogens with one attached hydrogen (secondary N) is 2. The van der Waals surface area contributed by atoms with Crippen LogP contribution < -0.4 is 15.4 Å². The summed E-state index contributed by atoms with van der Waals surface area (Å²) in [5.41, 5.74) is 2.70. The van der Waals surface area contributed by atoms with Gasteiger partial charge in [-0.15, -0.1) is 24.0 Å². The molecular weight excluding hydrogens is 427 g/mol. The van der Waals surface area contributed by atoms with Crippen LogP contribution in [0.25, 0.3) is 0 Å². The van der Waals surface area contributed by atoms with Gasteiger partial charge < -0.3 is 15.4 Å². The van der Waals surface area contributed by atoms with E-state index in [1.165, 1.54) is 30.5 Å². The number of ether oxygens (including phenoxy) is 1. The average Bonchev–Trinajstić information content (AvgIpc) is 3.25. The zero-order valence-electron chi connectivity index (χ0n) is 15.4. The van der Waals surface area contributed by atoms with E-state index < -0.39 is 0 Å². The van der Waals surface area contributed by atoms with Gasteiger partial charge in [0.15, 0.2) is 5.96 Å². The van der Waals surface area contributed by atoms with Crippen molar-refractivity contribution in [1.29, 1.82) is 0 Å². The highest BCUT2D eigenvalue weighted by Crippen LogP contribution is 2.25. The maximum Gasteiger partial charge on any atom is 0.191 e. The van der Waals surface area contributed by atoms with Gasteiger partial charge in [0, 0.05) is 32.6 Å². The summed E-state index contributed by atoms with van der Waals surface area (Å²) in [5, 5.41) is 6.91. The molecule has 0 spiro atoms. The van der Waals surface area contributed by atoms with E-state index in [4.69, 9.17) is 4.74 Å². The Labute approximate surface area is 168 Å². The van der Waals surface area contributed by atoms with Gasteiger partial charge in [-0.2, -0.15) is 0 Å². The maximum absolute atomic E-state index is 5.56. The fourth-order valence-corrected chi connectivity index (χ4v) is 3.70. The highest BCUT2D eigenvalue weighted by atomic mass is 127. The van der Waals surface area contributed by atoms with Crippen molar-refractivity contribution in [2.45, 2.75) is 38.6 Å². The van der Waals surface area contributed by atoms with Gasteiger partial charge in [-0.1, -0.05) is 19.1 Å². The van der Waals surface area contributed by atoms with Gasteiger partial charge in [-0.05, 0) is 49.5 Å². The smallest absolute Gasteiger partial charge is 0.191 e. The first-order valence-electron chi connectivity index (χ1n) is 9.23. The van der Waals surface area contributed by atoms with Crippen LogP contribution in [-0.2, 0) is 12.8 Å². The number of likely N-dealkylation sites (tertiary alicyclic amines) is 1. The first kappa shape index (κ1) is 20.3. The predicted molar refractivity (Wildman–Crippen MR) is 114 cm³/mol. The molecule has 0 aliphatic carbocycles. The predicted octanol–water partition coefficient (Wildman–Crippen LogP) is 2.43. The van der Waals surface area contributed by atoms with Gasteiger partial charge in [0.05, 0.1) is 6.61 Å². The van der Waals surface area contributed by atoms with Crippen LogP contribution >= 0.6 is 24.0 Å². The van der Waals surface area contributed by atoms with Crippen molar-refractivity contribution < 1.29 is 4.74 Å². The van der Waals surface area contributed by atoms with Crippen LogP contribution in [0.5, 0.6) is 5.75 Å². The quantitative estimate of drug-likeness (QED) is 0.391. The van der Waals surface area contributed by atoms with Gasteiger partial charge in [0.25, 0.3) is 0 Å². The summed E-state index contributed by atoms with van der Waals surface area (Å²) >= 11 is 0. The Morgan fingerprint density at radius 2 is 2.24 bits per heavy atom. The third-order valence-electron chi connectivity index (χ3n) is 5.09. The Hall–Kier alpha value is -1.02. The van der Waals surface area contributed by atoms with Gasteiger partial charge in [-0.3, -0.25) is 9.89 Å². The maximum atomic E-state index is 5.56. The fraction of sp³-hybridized carbons (Fsp3) is 0.632. The van der Waals surface area contributed by atoms with Gasteiger partial charge in [0.1, 0.15) is 5.75 Å². The molecule has 2 heterocycles. The minimum Gasteiger partial charge on any atom is -0.493 e. The highest BCUT2D eigenvalue weighted by molar-refractivity contribution is 14.0. The summed E-state index contributed by atoms with van der Waals surface area (Å²) in [5.74, 6) is 1.96. The van der Waals surface area contributed by atoms with Crippen LogP contribution in [0.15, 0.2) is 23.2 Å². The molecule has 0 saturated carbocycles. The minimum atomic E-state index is 0. The van der Waals surface area contributed by atoms with E-state index in [0.717, 1.165) is 50.8 Å². The van der Waals surface area contributed by atoms with E-state index in [1.54, 1.807) is 0 Å². The number of guanidine groups is 1. The number of likely N-dealkylation sites (N-methyl/N-ethyl adjacent to an activating group) is 1. The monoisotopic (exact) mass is 458 g/mol. The molecule has 0 amide bonds. The molecular formula is C19H31IN4O. The molecule has 6 heteroatoms. The molecule has 1 fully saturated rings. The van der Waals surface area contributed by atoms with Gasteiger partial charge >= 0.3 is 0 Å². The standard InChI is InChI=1S/C19H30N4O.HI/c1-3-23-11-4-5-17(23)14-22-19(20-2)21-10-8-15-6-7-18-16(13-15)9-12-24-18;/h6-7,13,17H,3-5,8-12,14H2,1-2H3,(H2,20,21,22);1H. The van der Waals surface area contributed by atoms with Crippen molar-refractivity contribution in [3.63, 3.8) is 0 Å². The molecule has 2 aliphatic rings. The molecule has 1 aromatic carbocycles. The lowest BCUT2D eigenvalue weighted by atomic mass is 10.1. The third-order valence-corrected chi connectivity index (χ3v) is 5.09. The normalized spacial score (nSPS) is 19.9. The number of fused-ring (bicyclic) bond motifs is 1. The van der Waals surface area contributed by atoms with Gasteiger partial charge in [0.2, 0.25) is 0 Å². The first-order valence-corrected chi connectivity index (χ1v) is 9.23. The van der Waals surface area contributed by atoms with Crippen molar-refractivity contribution in [1.82, 2.24) is 15.5 Å². The van der Waals surface area contributed by atoms with Crippen molar-refractivity contribution >= 4 is 29.9 Å². The summed E-state index contributed by atoms with van der Waals surface area (Å²) in [7, 11) is 1.84. The van der Waals surface area contributed by atoms with Crippen molar-refractivity contribution in [3.05, 3.63) is 29.3 Å². The van der Waals surface area contributed by atoms with Crippen molar-refractivity contribution in [3.8, 4) is 5.75 Å². The lowest BCUT2D eigenvalue weighted by molar-refractivity contribution is 0.267. The number of halogens is 1.